The van der Waals surface area contributed by atoms with Gasteiger partial charge in [-0.2, -0.15) is 0 Å². The summed E-state index contributed by atoms with van der Waals surface area (Å²) in [5, 5.41) is 10.7. The van der Waals surface area contributed by atoms with E-state index in [2.05, 4.69) is 30.5 Å². The van der Waals surface area contributed by atoms with Crippen LogP contribution in [0.3, 0.4) is 0 Å². The first-order valence-electron chi connectivity index (χ1n) is 5.52. The summed E-state index contributed by atoms with van der Waals surface area (Å²) >= 11 is 1.73. The number of hydrogen-bond acceptors (Lipinski definition) is 2. The Morgan fingerprint density at radius 1 is 1.24 bits per heavy atom. The lowest BCUT2D eigenvalue weighted by molar-refractivity contribution is -0.136. The number of thiophene rings is 1. The molecule has 3 heteroatoms. The van der Waals surface area contributed by atoms with Crippen LogP contribution >= 0.6 is 11.3 Å². The van der Waals surface area contributed by atoms with Crippen molar-refractivity contribution in [3.63, 3.8) is 0 Å². The number of carbonyl (C=O) groups is 1. The van der Waals surface area contributed by atoms with Crippen LogP contribution in [0.5, 0.6) is 0 Å². The number of benzene rings is 1. The van der Waals surface area contributed by atoms with E-state index in [9.17, 15) is 4.79 Å². The van der Waals surface area contributed by atoms with Gasteiger partial charge in [0.05, 0.1) is 0 Å². The highest BCUT2D eigenvalue weighted by Gasteiger charge is 2.04. The molecule has 0 aliphatic rings. The van der Waals surface area contributed by atoms with Gasteiger partial charge in [-0.25, -0.2) is 0 Å². The molecule has 0 radical (unpaired) electrons. The SMILES string of the molecule is Cc1ccsc1-c1ccc(CCC(=O)O)cc1. The minimum absolute atomic E-state index is 0.192. The summed E-state index contributed by atoms with van der Waals surface area (Å²) < 4.78 is 0. The predicted molar refractivity (Wildman–Crippen MR) is 70.4 cm³/mol. The average molecular weight is 246 g/mol. The third kappa shape index (κ3) is 2.94. The minimum atomic E-state index is -0.747. The maximum absolute atomic E-state index is 10.5. The Bertz CT molecular complexity index is 511. The Morgan fingerprint density at radius 3 is 2.47 bits per heavy atom. The van der Waals surface area contributed by atoms with Gasteiger partial charge in [-0.15, -0.1) is 11.3 Å². The van der Waals surface area contributed by atoms with E-state index in [1.54, 1.807) is 11.3 Å². The maximum atomic E-state index is 10.5. The standard InChI is InChI=1S/C14H14O2S/c1-10-8-9-17-14(10)12-5-2-11(3-6-12)4-7-13(15)16/h2-3,5-6,8-9H,4,7H2,1H3,(H,15,16). The summed E-state index contributed by atoms with van der Waals surface area (Å²) in [5.41, 5.74) is 3.57. The van der Waals surface area contributed by atoms with E-state index in [4.69, 9.17) is 5.11 Å². The van der Waals surface area contributed by atoms with Gasteiger partial charge in [0, 0.05) is 11.3 Å². The summed E-state index contributed by atoms with van der Waals surface area (Å²) in [6.07, 6.45) is 0.788. The largest absolute Gasteiger partial charge is 0.481 e. The molecule has 0 saturated heterocycles. The van der Waals surface area contributed by atoms with Crippen LogP contribution in [0.25, 0.3) is 10.4 Å². The Balaban J connectivity index is 2.13. The summed E-state index contributed by atoms with van der Waals surface area (Å²) in [4.78, 5) is 11.8. The zero-order chi connectivity index (χ0) is 12.3. The molecule has 0 atom stereocenters. The zero-order valence-electron chi connectivity index (χ0n) is 9.64. The minimum Gasteiger partial charge on any atom is -0.481 e. The van der Waals surface area contributed by atoms with Crippen molar-refractivity contribution < 1.29 is 9.90 Å². The van der Waals surface area contributed by atoms with Crippen molar-refractivity contribution in [2.75, 3.05) is 0 Å². The molecule has 0 bridgehead atoms. The maximum Gasteiger partial charge on any atom is 0.303 e. The van der Waals surface area contributed by atoms with Crippen LogP contribution in [0.1, 0.15) is 17.5 Å². The molecule has 1 heterocycles. The van der Waals surface area contributed by atoms with Crippen LogP contribution < -0.4 is 0 Å². The van der Waals surface area contributed by atoms with Crippen LogP contribution in [-0.4, -0.2) is 11.1 Å². The van der Waals surface area contributed by atoms with Gasteiger partial charge < -0.3 is 5.11 Å². The van der Waals surface area contributed by atoms with Gasteiger partial charge in [-0.1, -0.05) is 24.3 Å². The molecule has 0 fully saturated rings. The van der Waals surface area contributed by atoms with E-state index in [0.29, 0.717) is 6.42 Å². The summed E-state index contributed by atoms with van der Waals surface area (Å²) in [6, 6.07) is 10.3. The van der Waals surface area contributed by atoms with Crippen molar-refractivity contribution in [1.82, 2.24) is 0 Å². The van der Waals surface area contributed by atoms with Gasteiger partial charge >= 0.3 is 5.97 Å². The van der Waals surface area contributed by atoms with Gasteiger partial charge in [-0.3, -0.25) is 4.79 Å². The van der Waals surface area contributed by atoms with Crippen molar-refractivity contribution in [2.45, 2.75) is 19.8 Å². The Kier molecular flexibility index (Phi) is 3.59. The molecule has 2 rings (SSSR count). The van der Waals surface area contributed by atoms with E-state index in [1.807, 2.05) is 12.1 Å². The first-order valence-corrected chi connectivity index (χ1v) is 6.40. The van der Waals surface area contributed by atoms with Gasteiger partial charge in [0.2, 0.25) is 0 Å². The molecule has 1 aromatic heterocycles. The topological polar surface area (TPSA) is 37.3 Å². The second kappa shape index (κ2) is 5.15. The number of rotatable bonds is 4. The van der Waals surface area contributed by atoms with Crippen molar-refractivity contribution in [2.24, 2.45) is 0 Å². The molecular weight excluding hydrogens is 232 g/mol. The fraction of sp³-hybridized carbons (Fsp3) is 0.214. The molecule has 0 spiro atoms. The van der Waals surface area contributed by atoms with Gasteiger partial charge in [0.1, 0.15) is 0 Å². The van der Waals surface area contributed by atoms with E-state index in [-0.39, 0.29) is 6.42 Å². The summed E-state index contributed by atoms with van der Waals surface area (Å²) in [5.74, 6) is -0.747. The van der Waals surface area contributed by atoms with Gasteiger partial charge in [0.25, 0.3) is 0 Å². The number of aryl methyl sites for hydroxylation is 2. The number of hydrogen-bond donors (Lipinski definition) is 1. The monoisotopic (exact) mass is 246 g/mol. The van der Waals surface area contributed by atoms with Crippen LogP contribution in [-0.2, 0) is 11.2 Å². The van der Waals surface area contributed by atoms with Crippen molar-refractivity contribution in [3.05, 3.63) is 46.8 Å². The molecule has 2 nitrogen and oxygen atoms in total. The second-order valence-corrected chi connectivity index (χ2v) is 4.94. The van der Waals surface area contributed by atoms with E-state index in [1.165, 1.54) is 16.0 Å². The van der Waals surface area contributed by atoms with Crippen molar-refractivity contribution in [3.8, 4) is 10.4 Å². The van der Waals surface area contributed by atoms with Gasteiger partial charge in [-0.05, 0) is 41.5 Å². The molecule has 0 aliphatic heterocycles. The lowest BCUT2D eigenvalue weighted by Crippen LogP contribution is -1.97. The molecule has 0 aliphatic carbocycles. The third-order valence-electron chi connectivity index (χ3n) is 2.71. The van der Waals surface area contributed by atoms with E-state index < -0.39 is 5.97 Å². The summed E-state index contributed by atoms with van der Waals surface area (Å²) in [6.45, 7) is 2.10. The average Bonchev–Trinajstić information content (AvgIpc) is 2.73. The first kappa shape index (κ1) is 11.9. The number of carboxylic acids is 1. The zero-order valence-corrected chi connectivity index (χ0v) is 10.5. The van der Waals surface area contributed by atoms with Crippen LogP contribution in [0.15, 0.2) is 35.7 Å². The molecule has 88 valence electrons. The highest BCUT2D eigenvalue weighted by atomic mass is 32.1. The van der Waals surface area contributed by atoms with E-state index >= 15 is 0 Å². The van der Waals surface area contributed by atoms with E-state index in [0.717, 1.165) is 5.56 Å². The fourth-order valence-electron chi connectivity index (χ4n) is 1.74. The smallest absolute Gasteiger partial charge is 0.303 e. The van der Waals surface area contributed by atoms with Crippen molar-refractivity contribution >= 4 is 17.3 Å². The molecule has 0 amide bonds. The van der Waals surface area contributed by atoms with Crippen LogP contribution in [0, 0.1) is 6.92 Å². The molecule has 17 heavy (non-hydrogen) atoms. The Labute approximate surface area is 105 Å². The lowest BCUT2D eigenvalue weighted by atomic mass is 10.1. The Morgan fingerprint density at radius 2 is 1.94 bits per heavy atom. The highest BCUT2D eigenvalue weighted by Crippen LogP contribution is 2.29. The molecule has 1 aromatic carbocycles. The predicted octanol–water partition coefficient (Wildman–Crippen LogP) is 3.74. The third-order valence-corrected chi connectivity index (χ3v) is 3.77. The normalized spacial score (nSPS) is 10.4. The molecule has 0 unspecified atom stereocenters. The first-order chi connectivity index (χ1) is 8.16. The fourth-order valence-corrected chi connectivity index (χ4v) is 2.68. The van der Waals surface area contributed by atoms with Crippen molar-refractivity contribution in [1.29, 1.82) is 0 Å². The number of carboxylic acid groups (broad SMARTS) is 1. The van der Waals surface area contributed by atoms with Crippen LogP contribution in [0.4, 0.5) is 0 Å². The quantitative estimate of drug-likeness (QED) is 0.892. The van der Waals surface area contributed by atoms with Crippen LogP contribution in [0.2, 0.25) is 0 Å². The summed E-state index contributed by atoms with van der Waals surface area (Å²) in [7, 11) is 0. The lowest BCUT2D eigenvalue weighted by Gasteiger charge is -2.02. The second-order valence-electron chi connectivity index (χ2n) is 4.02. The molecule has 2 aromatic rings. The van der Waals surface area contributed by atoms with Gasteiger partial charge in [0.15, 0.2) is 0 Å². The highest BCUT2D eigenvalue weighted by molar-refractivity contribution is 7.13. The molecule has 1 N–H and O–H groups in total. The molecular formula is C14H14O2S. The molecule has 0 saturated carbocycles. The Hall–Kier alpha value is -1.61. The number of aliphatic carboxylic acids is 1.